The summed E-state index contributed by atoms with van der Waals surface area (Å²) in [4.78, 5) is 11.7. The van der Waals surface area contributed by atoms with Crippen LogP contribution in [0.2, 0.25) is 0 Å². The topological polar surface area (TPSA) is 52.3 Å². The highest BCUT2D eigenvalue weighted by Crippen LogP contribution is 2.25. The number of carbonyl (C=O) groups is 1. The number of hydrogen-bond donors (Lipinski definition) is 1. The summed E-state index contributed by atoms with van der Waals surface area (Å²) in [5.74, 6) is -0.201. The fraction of sp³-hybridized carbons (Fsp3) is 0.909. The maximum Gasteiger partial charge on any atom is 0.311 e. The zero-order chi connectivity index (χ0) is 10.8. The minimum absolute atomic E-state index is 0.00130. The average molecular weight is 199 g/mol. The Hall–Kier alpha value is -0.570. The maximum absolute atomic E-state index is 11.7. The Bertz CT molecular complexity index is 208. The van der Waals surface area contributed by atoms with E-state index < -0.39 is 5.60 Å². The van der Waals surface area contributed by atoms with Gasteiger partial charge in [-0.1, -0.05) is 12.8 Å². The second kappa shape index (κ2) is 4.30. The van der Waals surface area contributed by atoms with Crippen LogP contribution in [0.3, 0.4) is 0 Å². The summed E-state index contributed by atoms with van der Waals surface area (Å²) in [6, 6.07) is -0.00130. The molecule has 0 radical (unpaired) electrons. The first-order chi connectivity index (χ1) is 6.40. The smallest absolute Gasteiger partial charge is 0.311 e. The van der Waals surface area contributed by atoms with Crippen molar-refractivity contribution in [2.75, 3.05) is 0 Å². The first kappa shape index (κ1) is 11.5. The molecule has 2 unspecified atom stereocenters. The van der Waals surface area contributed by atoms with Gasteiger partial charge in [0.1, 0.15) is 5.60 Å². The zero-order valence-corrected chi connectivity index (χ0v) is 9.38. The van der Waals surface area contributed by atoms with Gasteiger partial charge in [-0.15, -0.1) is 0 Å². The van der Waals surface area contributed by atoms with E-state index in [0.29, 0.717) is 0 Å². The molecule has 2 atom stereocenters. The summed E-state index contributed by atoms with van der Waals surface area (Å²) in [6.07, 6.45) is 4.07. The SMILES string of the molecule is CC(C)(C)OC(=O)C1CCCCC1N. The van der Waals surface area contributed by atoms with Crippen LogP contribution in [0.4, 0.5) is 0 Å². The van der Waals surface area contributed by atoms with Gasteiger partial charge in [0, 0.05) is 6.04 Å². The molecule has 82 valence electrons. The second-order valence-electron chi connectivity index (χ2n) is 5.09. The lowest BCUT2D eigenvalue weighted by Crippen LogP contribution is -2.41. The third-order valence-electron chi connectivity index (χ3n) is 2.53. The van der Waals surface area contributed by atoms with Gasteiger partial charge in [-0.25, -0.2) is 0 Å². The van der Waals surface area contributed by atoms with Gasteiger partial charge in [0.15, 0.2) is 0 Å². The fourth-order valence-corrected chi connectivity index (χ4v) is 1.83. The first-order valence-corrected chi connectivity index (χ1v) is 5.38. The van der Waals surface area contributed by atoms with Crippen LogP contribution in [0.1, 0.15) is 46.5 Å². The quantitative estimate of drug-likeness (QED) is 0.656. The van der Waals surface area contributed by atoms with Gasteiger partial charge in [0.05, 0.1) is 5.92 Å². The summed E-state index contributed by atoms with van der Waals surface area (Å²) in [5, 5.41) is 0. The summed E-state index contributed by atoms with van der Waals surface area (Å²) < 4.78 is 5.33. The molecule has 14 heavy (non-hydrogen) atoms. The lowest BCUT2D eigenvalue weighted by Gasteiger charge is -2.30. The number of carbonyl (C=O) groups excluding carboxylic acids is 1. The van der Waals surface area contributed by atoms with Crippen molar-refractivity contribution in [1.82, 2.24) is 0 Å². The molecule has 3 nitrogen and oxygen atoms in total. The lowest BCUT2D eigenvalue weighted by molar-refractivity contribution is -0.161. The first-order valence-electron chi connectivity index (χ1n) is 5.38. The predicted octanol–water partition coefficient (Wildman–Crippen LogP) is 1.85. The Kier molecular flexibility index (Phi) is 3.53. The Morgan fingerprint density at radius 2 is 1.86 bits per heavy atom. The van der Waals surface area contributed by atoms with Crippen LogP contribution in [0.25, 0.3) is 0 Å². The maximum atomic E-state index is 11.7. The van der Waals surface area contributed by atoms with Gasteiger partial charge in [-0.05, 0) is 33.6 Å². The van der Waals surface area contributed by atoms with Gasteiger partial charge in [0.25, 0.3) is 0 Å². The van der Waals surface area contributed by atoms with Crippen LogP contribution in [0.5, 0.6) is 0 Å². The summed E-state index contributed by atoms with van der Waals surface area (Å²) in [6.45, 7) is 5.66. The molecule has 0 aromatic rings. The highest BCUT2D eigenvalue weighted by Gasteiger charge is 2.31. The van der Waals surface area contributed by atoms with Gasteiger partial charge in [-0.3, -0.25) is 4.79 Å². The van der Waals surface area contributed by atoms with E-state index in [1.165, 1.54) is 0 Å². The van der Waals surface area contributed by atoms with Gasteiger partial charge in [-0.2, -0.15) is 0 Å². The fourth-order valence-electron chi connectivity index (χ4n) is 1.83. The summed E-state index contributed by atoms with van der Waals surface area (Å²) in [7, 11) is 0. The molecule has 0 aromatic heterocycles. The molecule has 2 N–H and O–H groups in total. The van der Waals surface area contributed by atoms with Crippen molar-refractivity contribution in [2.45, 2.75) is 58.1 Å². The molecule has 1 aliphatic rings. The summed E-state index contributed by atoms with van der Waals surface area (Å²) >= 11 is 0. The number of esters is 1. The second-order valence-corrected chi connectivity index (χ2v) is 5.09. The van der Waals surface area contributed by atoms with Gasteiger partial charge < -0.3 is 10.5 Å². The number of nitrogens with two attached hydrogens (primary N) is 1. The van der Waals surface area contributed by atoms with E-state index in [9.17, 15) is 4.79 Å². The van der Waals surface area contributed by atoms with Gasteiger partial charge >= 0.3 is 5.97 Å². The Balaban J connectivity index is 2.50. The van der Waals surface area contributed by atoms with Crippen molar-refractivity contribution in [3.8, 4) is 0 Å². The van der Waals surface area contributed by atoms with Crippen molar-refractivity contribution in [2.24, 2.45) is 11.7 Å². The van der Waals surface area contributed by atoms with E-state index in [1.54, 1.807) is 0 Å². The highest BCUT2D eigenvalue weighted by molar-refractivity contribution is 5.73. The number of hydrogen-bond acceptors (Lipinski definition) is 3. The van der Waals surface area contributed by atoms with Crippen LogP contribution in [-0.4, -0.2) is 17.6 Å². The summed E-state index contributed by atoms with van der Waals surface area (Å²) in [5.41, 5.74) is 5.50. The minimum atomic E-state index is -0.395. The lowest BCUT2D eigenvalue weighted by atomic mass is 9.85. The molecule has 0 spiro atoms. The monoisotopic (exact) mass is 199 g/mol. The molecule has 0 aliphatic heterocycles. The Morgan fingerprint density at radius 3 is 2.36 bits per heavy atom. The molecule has 1 saturated carbocycles. The molecule has 0 aromatic carbocycles. The van der Waals surface area contributed by atoms with E-state index in [2.05, 4.69) is 0 Å². The van der Waals surface area contributed by atoms with Crippen molar-refractivity contribution in [1.29, 1.82) is 0 Å². The predicted molar refractivity (Wildman–Crippen MR) is 55.8 cm³/mol. The molecular formula is C11H21NO2. The van der Waals surface area contributed by atoms with Crippen LogP contribution >= 0.6 is 0 Å². The van der Waals surface area contributed by atoms with E-state index in [4.69, 9.17) is 10.5 Å². The largest absolute Gasteiger partial charge is 0.460 e. The molecule has 0 heterocycles. The molecule has 3 heteroatoms. The molecule has 1 fully saturated rings. The minimum Gasteiger partial charge on any atom is -0.460 e. The van der Waals surface area contributed by atoms with Crippen LogP contribution in [-0.2, 0) is 9.53 Å². The van der Waals surface area contributed by atoms with Crippen molar-refractivity contribution in [3.05, 3.63) is 0 Å². The molecule has 1 aliphatic carbocycles. The van der Waals surface area contributed by atoms with Crippen molar-refractivity contribution in [3.63, 3.8) is 0 Å². The van der Waals surface area contributed by atoms with Crippen LogP contribution in [0, 0.1) is 5.92 Å². The van der Waals surface area contributed by atoms with Crippen LogP contribution < -0.4 is 5.73 Å². The van der Waals surface area contributed by atoms with E-state index >= 15 is 0 Å². The van der Waals surface area contributed by atoms with Gasteiger partial charge in [0.2, 0.25) is 0 Å². The van der Waals surface area contributed by atoms with Crippen molar-refractivity contribution < 1.29 is 9.53 Å². The van der Waals surface area contributed by atoms with Crippen LogP contribution in [0.15, 0.2) is 0 Å². The molecule has 0 bridgehead atoms. The molecular weight excluding hydrogens is 178 g/mol. The van der Waals surface area contributed by atoms with E-state index in [-0.39, 0.29) is 17.9 Å². The van der Waals surface area contributed by atoms with E-state index in [0.717, 1.165) is 25.7 Å². The Morgan fingerprint density at radius 1 is 1.29 bits per heavy atom. The third-order valence-corrected chi connectivity index (χ3v) is 2.53. The number of ether oxygens (including phenoxy) is 1. The standard InChI is InChI=1S/C11H21NO2/c1-11(2,3)14-10(13)8-6-4-5-7-9(8)12/h8-9H,4-7,12H2,1-3H3. The molecule has 1 rings (SSSR count). The normalized spacial score (nSPS) is 28.6. The van der Waals surface area contributed by atoms with Crippen molar-refractivity contribution >= 4 is 5.97 Å². The highest BCUT2D eigenvalue weighted by atomic mass is 16.6. The number of rotatable bonds is 1. The zero-order valence-electron chi connectivity index (χ0n) is 9.38. The molecule has 0 amide bonds. The third kappa shape index (κ3) is 3.29. The Labute approximate surface area is 86.0 Å². The van der Waals surface area contributed by atoms with E-state index in [1.807, 2.05) is 20.8 Å². The average Bonchev–Trinajstić information content (AvgIpc) is 2.01. The molecule has 0 saturated heterocycles.